The number of hydrogen-bond acceptors (Lipinski definition) is 6. The number of hydrogen-bond donors (Lipinski definition) is 2. The lowest BCUT2D eigenvalue weighted by Crippen LogP contribution is -2.20. The van der Waals surface area contributed by atoms with Gasteiger partial charge in [-0.1, -0.05) is 18.2 Å². The average molecular weight is 363 g/mol. The second-order valence-electron chi connectivity index (χ2n) is 5.77. The van der Waals surface area contributed by atoms with Gasteiger partial charge in [-0.2, -0.15) is 0 Å². The Morgan fingerprint density at radius 3 is 2.63 bits per heavy atom. The molecule has 7 nitrogen and oxygen atoms in total. The molecular weight excluding hydrogens is 346 g/mol. The first-order chi connectivity index (χ1) is 13.2. The first kappa shape index (κ1) is 16.7. The Labute approximate surface area is 155 Å². The normalized spacial score (nSPS) is 14.5. The Kier molecular flexibility index (Phi) is 4.49. The number of nitrogens with one attached hydrogen (secondary N) is 2. The number of nitrogens with zero attached hydrogens (tertiary/aromatic N) is 1. The number of methoxy groups -OCH3 is 1. The van der Waals surface area contributed by atoms with Crippen molar-refractivity contribution < 1.29 is 19.0 Å². The molecule has 0 fully saturated rings. The van der Waals surface area contributed by atoms with Crippen LogP contribution in [0.5, 0.6) is 17.2 Å². The van der Waals surface area contributed by atoms with Crippen molar-refractivity contribution in [2.75, 3.05) is 17.7 Å². The standard InChI is InChI=1S/C20H17N3O4/c1-25-13-8-10-14(11-9-13)26-20(24)22-16-6-3-2-5-15(16)19-23-18-17(27-19)7-4-12-21-18/h2-12,19H,1H3,(H,21,23)(H,22,24). The Balaban J connectivity index is 1.47. The zero-order chi connectivity index (χ0) is 18.6. The number of benzene rings is 2. The van der Waals surface area contributed by atoms with Crippen molar-refractivity contribution in [1.82, 2.24) is 4.98 Å². The van der Waals surface area contributed by atoms with E-state index >= 15 is 0 Å². The molecule has 1 aromatic heterocycles. The second kappa shape index (κ2) is 7.25. The van der Waals surface area contributed by atoms with Crippen molar-refractivity contribution in [3.05, 3.63) is 72.4 Å². The predicted octanol–water partition coefficient (Wildman–Crippen LogP) is 4.20. The molecule has 7 heteroatoms. The highest BCUT2D eigenvalue weighted by Gasteiger charge is 2.26. The van der Waals surface area contributed by atoms with Crippen LogP contribution in [-0.2, 0) is 0 Å². The Morgan fingerprint density at radius 2 is 1.85 bits per heavy atom. The number of carbonyl (C=O) groups excluding carboxylic acids is 1. The first-order valence-corrected chi connectivity index (χ1v) is 8.33. The van der Waals surface area contributed by atoms with Gasteiger partial charge in [0.15, 0.2) is 17.8 Å². The van der Waals surface area contributed by atoms with Crippen LogP contribution < -0.4 is 24.8 Å². The van der Waals surface area contributed by atoms with Crippen LogP contribution in [0.3, 0.4) is 0 Å². The molecule has 0 bridgehead atoms. The number of anilines is 2. The minimum atomic E-state index is -0.596. The summed E-state index contributed by atoms with van der Waals surface area (Å²) in [6.07, 6.45) is 0.641. The summed E-state index contributed by atoms with van der Waals surface area (Å²) in [6.45, 7) is 0. The summed E-state index contributed by atoms with van der Waals surface area (Å²) in [5.74, 6) is 2.43. The molecule has 27 heavy (non-hydrogen) atoms. The number of aromatic nitrogens is 1. The van der Waals surface area contributed by atoms with Gasteiger partial charge in [0.25, 0.3) is 0 Å². The summed E-state index contributed by atoms with van der Waals surface area (Å²) in [5.41, 5.74) is 1.35. The molecule has 2 aromatic carbocycles. The van der Waals surface area contributed by atoms with E-state index < -0.39 is 12.3 Å². The number of fused-ring (bicyclic) bond motifs is 1. The minimum absolute atomic E-state index is 0.414. The van der Waals surface area contributed by atoms with Gasteiger partial charge in [-0.25, -0.2) is 9.78 Å². The third-order valence-electron chi connectivity index (χ3n) is 4.03. The summed E-state index contributed by atoms with van der Waals surface area (Å²) in [6, 6.07) is 17.8. The van der Waals surface area contributed by atoms with Gasteiger partial charge in [-0.3, -0.25) is 5.32 Å². The average Bonchev–Trinajstić information content (AvgIpc) is 3.13. The molecule has 1 aliphatic rings. The molecule has 2 heterocycles. The maximum absolute atomic E-state index is 12.3. The van der Waals surface area contributed by atoms with E-state index in [2.05, 4.69) is 15.6 Å². The van der Waals surface area contributed by atoms with Crippen LogP contribution in [0.25, 0.3) is 0 Å². The van der Waals surface area contributed by atoms with Gasteiger partial charge >= 0.3 is 6.09 Å². The third-order valence-corrected chi connectivity index (χ3v) is 4.03. The highest BCUT2D eigenvalue weighted by Crippen LogP contribution is 2.37. The van der Waals surface area contributed by atoms with Crippen LogP contribution in [0, 0.1) is 0 Å². The third kappa shape index (κ3) is 3.62. The lowest BCUT2D eigenvalue weighted by atomic mass is 10.1. The van der Waals surface area contributed by atoms with E-state index in [1.54, 1.807) is 49.7 Å². The van der Waals surface area contributed by atoms with Gasteiger partial charge in [0.05, 0.1) is 12.8 Å². The zero-order valence-corrected chi connectivity index (χ0v) is 14.5. The van der Waals surface area contributed by atoms with Gasteiger partial charge in [0.1, 0.15) is 11.5 Å². The van der Waals surface area contributed by atoms with Crippen molar-refractivity contribution >= 4 is 17.6 Å². The number of ether oxygens (including phenoxy) is 3. The van der Waals surface area contributed by atoms with E-state index in [1.165, 1.54) is 0 Å². The summed E-state index contributed by atoms with van der Waals surface area (Å²) < 4.78 is 16.3. The molecule has 1 unspecified atom stereocenters. The molecule has 0 radical (unpaired) electrons. The molecule has 2 N–H and O–H groups in total. The van der Waals surface area contributed by atoms with Gasteiger partial charge in [-0.05, 0) is 42.5 Å². The largest absolute Gasteiger partial charge is 0.497 e. The first-order valence-electron chi connectivity index (χ1n) is 8.33. The quantitative estimate of drug-likeness (QED) is 0.723. The lowest BCUT2D eigenvalue weighted by molar-refractivity contribution is 0.215. The van der Waals surface area contributed by atoms with Crippen LogP contribution >= 0.6 is 0 Å². The second-order valence-corrected chi connectivity index (χ2v) is 5.77. The van der Waals surface area contributed by atoms with E-state index in [4.69, 9.17) is 14.2 Å². The molecular formula is C20H17N3O4. The Hall–Kier alpha value is -3.74. The highest BCUT2D eigenvalue weighted by atomic mass is 16.6. The molecule has 136 valence electrons. The maximum Gasteiger partial charge on any atom is 0.417 e. The lowest BCUT2D eigenvalue weighted by Gasteiger charge is -2.16. The van der Waals surface area contributed by atoms with Crippen LogP contribution in [0.1, 0.15) is 11.8 Å². The number of para-hydroxylation sites is 1. The number of rotatable bonds is 4. The van der Waals surface area contributed by atoms with Crippen LogP contribution in [0.2, 0.25) is 0 Å². The molecule has 3 aromatic rings. The Morgan fingerprint density at radius 1 is 1.07 bits per heavy atom. The van der Waals surface area contributed by atoms with E-state index in [-0.39, 0.29) is 0 Å². The SMILES string of the molecule is COc1ccc(OC(=O)Nc2ccccc2C2Nc3ncccc3O2)cc1. The summed E-state index contributed by atoms with van der Waals surface area (Å²) in [7, 11) is 1.58. The molecule has 1 aliphatic heterocycles. The van der Waals surface area contributed by atoms with Gasteiger partial charge in [0.2, 0.25) is 0 Å². The molecule has 0 spiro atoms. The fourth-order valence-electron chi connectivity index (χ4n) is 2.74. The van der Waals surface area contributed by atoms with Crippen LogP contribution in [0.4, 0.5) is 16.3 Å². The topological polar surface area (TPSA) is 81.7 Å². The van der Waals surface area contributed by atoms with Crippen LogP contribution in [0.15, 0.2) is 66.9 Å². The van der Waals surface area contributed by atoms with E-state index in [0.29, 0.717) is 28.8 Å². The minimum Gasteiger partial charge on any atom is -0.497 e. The van der Waals surface area contributed by atoms with Gasteiger partial charge < -0.3 is 19.5 Å². The van der Waals surface area contributed by atoms with Gasteiger partial charge in [0, 0.05) is 11.8 Å². The highest BCUT2D eigenvalue weighted by molar-refractivity contribution is 5.87. The molecule has 1 amide bonds. The fraction of sp³-hybridized carbons (Fsp3) is 0.100. The van der Waals surface area contributed by atoms with Crippen molar-refractivity contribution in [3.8, 4) is 17.2 Å². The summed E-state index contributed by atoms with van der Waals surface area (Å²) >= 11 is 0. The maximum atomic E-state index is 12.3. The zero-order valence-electron chi connectivity index (χ0n) is 14.5. The molecule has 0 aliphatic carbocycles. The predicted molar refractivity (Wildman–Crippen MR) is 100 cm³/mol. The van der Waals surface area contributed by atoms with E-state index in [1.807, 2.05) is 24.3 Å². The molecule has 0 saturated carbocycles. The fourth-order valence-corrected chi connectivity index (χ4v) is 2.74. The van der Waals surface area contributed by atoms with E-state index in [0.717, 1.165) is 5.56 Å². The van der Waals surface area contributed by atoms with Crippen LogP contribution in [-0.4, -0.2) is 18.2 Å². The van der Waals surface area contributed by atoms with E-state index in [9.17, 15) is 4.79 Å². The van der Waals surface area contributed by atoms with Crippen molar-refractivity contribution in [2.45, 2.75) is 6.23 Å². The summed E-state index contributed by atoms with van der Waals surface area (Å²) in [5, 5.41) is 5.95. The Bertz CT molecular complexity index is 934. The number of amides is 1. The van der Waals surface area contributed by atoms with Crippen molar-refractivity contribution in [2.24, 2.45) is 0 Å². The molecule has 4 rings (SSSR count). The van der Waals surface area contributed by atoms with Crippen molar-refractivity contribution in [1.29, 1.82) is 0 Å². The number of carbonyl (C=O) groups is 1. The number of pyridine rings is 1. The molecule has 0 saturated heterocycles. The van der Waals surface area contributed by atoms with Crippen molar-refractivity contribution in [3.63, 3.8) is 0 Å². The summed E-state index contributed by atoms with van der Waals surface area (Å²) in [4.78, 5) is 16.5. The smallest absolute Gasteiger partial charge is 0.417 e. The molecule has 1 atom stereocenters. The van der Waals surface area contributed by atoms with Gasteiger partial charge in [-0.15, -0.1) is 0 Å². The monoisotopic (exact) mass is 363 g/mol.